The quantitative estimate of drug-likeness (QED) is 0.870. The number of aromatic nitrogens is 2. The molecule has 0 fully saturated rings. The van der Waals surface area contributed by atoms with Crippen molar-refractivity contribution in [2.45, 2.75) is 45.1 Å². The first-order valence-electron chi connectivity index (χ1n) is 7.72. The molecule has 2 N–H and O–H groups in total. The molecule has 0 saturated carbocycles. The van der Waals surface area contributed by atoms with Crippen molar-refractivity contribution < 1.29 is 13.2 Å². The van der Waals surface area contributed by atoms with Crippen LogP contribution in [0.3, 0.4) is 0 Å². The summed E-state index contributed by atoms with van der Waals surface area (Å²) in [4.78, 5) is 19.5. The summed E-state index contributed by atoms with van der Waals surface area (Å²) in [6, 6.07) is 3.42. The molecule has 0 aliphatic carbocycles. The van der Waals surface area contributed by atoms with E-state index in [0.717, 1.165) is 5.56 Å². The van der Waals surface area contributed by atoms with Gasteiger partial charge in [-0.25, -0.2) is 18.1 Å². The van der Waals surface area contributed by atoms with Crippen LogP contribution in [0.25, 0.3) is 11.1 Å². The zero-order valence-electron chi connectivity index (χ0n) is 14.9. The van der Waals surface area contributed by atoms with Gasteiger partial charge in [0.2, 0.25) is 15.9 Å². The van der Waals surface area contributed by atoms with E-state index in [2.05, 4.69) is 20.0 Å². The second-order valence-electron chi connectivity index (χ2n) is 6.78. The molecule has 0 aromatic carbocycles. The van der Waals surface area contributed by atoms with E-state index in [1.54, 1.807) is 52.2 Å². The Morgan fingerprint density at radius 2 is 1.88 bits per heavy atom. The van der Waals surface area contributed by atoms with E-state index in [0.29, 0.717) is 16.9 Å². The highest BCUT2D eigenvalue weighted by Gasteiger charge is 2.25. The molecule has 0 aliphatic rings. The molecule has 2 rings (SSSR count). The molecule has 2 aromatic heterocycles. The Balaban J connectivity index is 2.51. The van der Waals surface area contributed by atoms with Crippen molar-refractivity contribution in [3.63, 3.8) is 0 Å². The molecule has 0 spiro atoms. The molecule has 0 unspecified atom stereocenters. The number of rotatable bonds is 4. The van der Waals surface area contributed by atoms with Gasteiger partial charge in [0.05, 0.1) is 0 Å². The summed E-state index contributed by atoms with van der Waals surface area (Å²) in [5.41, 5.74) is 1.35. The van der Waals surface area contributed by atoms with Gasteiger partial charge in [-0.15, -0.1) is 0 Å². The van der Waals surface area contributed by atoms with Gasteiger partial charge in [-0.2, -0.15) is 0 Å². The Hall–Kier alpha value is -2.32. The molecule has 0 aliphatic heterocycles. The lowest BCUT2D eigenvalue weighted by Gasteiger charge is -2.21. The van der Waals surface area contributed by atoms with Crippen LogP contribution in [0.5, 0.6) is 0 Å². The van der Waals surface area contributed by atoms with Crippen LogP contribution in [-0.2, 0) is 14.8 Å². The van der Waals surface area contributed by atoms with Crippen LogP contribution < -0.4 is 10.0 Å². The van der Waals surface area contributed by atoms with Gasteiger partial charge >= 0.3 is 0 Å². The van der Waals surface area contributed by atoms with E-state index in [1.807, 2.05) is 0 Å². The fourth-order valence-corrected chi connectivity index (χ4v) is 4.00. The van der Waals surface area contributed by atoms with Gasteiger partial charge in [0.25, 0.3) is 0 Å². The highest BCUT2D eigenvalue weighted by molar-refractivity contribution is 7.89. The molecule has 7 nitrogen and oxygen atoms in total. The maximum atomic E-state index is 12.6. The molecular formula is C17H22N4O3S. The standard InChI is InChI=1S/C17H22N4O3S/c1-11-14(13-6-7-19-16(8-13)20-12(2)22)9-18-10-15(11)25(23,24)21-17(3,4)5/h6-10,21H,1-5H3,(H,19,20,22). The van der Waals surface area contributed by atoms with Crippen LogP contribution in [0.1, 0.15) is 33.3 Å². The molecule has 0 saturated heterocycles. The van der Waals surface area contributed by atoms with Crippen molar-refractivity contribution in [2.24, 2.45) is 0 Å². The van der Waals surface area contributed by atoms with Crippen LogP contribution >= 0.6 is 0 Å². The first-order chi connectivity index (χ1) is 11.5. The van der Waals surface area contributed by atoms with E-state index in [1.165, 1.54) is 13.1 Å². The Kier molecular flexibility index (Phi) is 5.24. The zero-order chi connectivity index (χ0) is 18.8. The van der Waals surface area contributed by atoms with Crippen molar-refractivity contribution >= 4 is 21.7 Å². The summed E-state index contributed by atoms with van der Waals surface area (Å²) in [7, 11) is -3.71. The van der Waals surface area contributed by atoms with Crippen molar-refractivity contribution in [3.05, 3.63) is 36.3 Å². The Bertz CT molecular complexity index is 902. The van der Waals surface area contributed by atoms with Gasteiger partial charge in [-0.1, -0.05) is 0 Å². The average molecular weight is 362 g/mol. The van der Waals surface area contributed by atoms with E-state index in [9.17, 15) is 13.2 Å². The maximum absolute atomic E-state index is 12.6. The van der Waals surface area contributed by atoms with Gasteiger partial charge in [0, 0.05) is 36.6 Å². The minimum atomic E-state index is -3.71. The smallest absolute Gasteiger partial charge is 0.242 e. The number of nitrogens with one attached hydrogen (secondary N) is 2. The van der Waals surface area contributed by atoms with Crippen molar-refractivity contribution in [2.75, 3.05) is 5.32 Å². The van der Waals surface area contributed by atoms with Gasteiger partial charge < -0.3 is 5.32 Å². The molecular weight excluding hydrogens is 340 g/mol. The number of carbonyl (C=O) groups excluding carboxylic acids is 1. The van der Waals surface area contributed by atoms with Gasteiger partial charge in [0.1, 0.15) is 10.7 Å². The summed E-state index contributed by atoms with van der Waals surface area (Å²) in [5, 5.41) is 2.61. The highest BCUT2D eigenvalue weighted by Crippen LogP contribution is 2.28. The first kappa shape index (κ1) is 19.0. The monoisotopic (exact) mass is 362 g/mol. The van der Waals surface area contributed by atoms with Crippen molar-refractivity contribution in [3.8, 4) is 11.1 Å². The minimum absolute atomic E-state index is 0.123. The second kappa shape index (κ2) is 6.89. The molecule has 0 atom stereocenters. The Morgan fingerprint density at radius 3 is 2.48 bits per heavy atom. The average Bonchev–Trinajstić information content (AvgIpc) is 2.44. The second-order valence-corrected chi connectivity index (χ2v) is 8.43. The van der Waals surface area contributed by atoms with E-state index in [-0.39, 0.29) is 10.8 Å². The molecule has 2 heterocycles. The Morgan fingerprint density at radius 1 is 1.20 bits per heavy atom. The number of amides is 1. The van der Waals surface area contributed by atoms with E-state index < -0.39 is 15.6 Å². The molecule has 25 heavy (non-hydrogen) atoms. The third-order valence-corrected chi connectivity index (χ3v) is 5.15. The number of anilines is 1. The topological polar surface area (TPSA) is 101 Å². The van der Waals surface area contributed by atoms with Crippen LogP contribution in [-0.4, -0.2) is 29.8 Å². The summed E-state index contributed by atoms with van der Waals surface area (Å²) >= 11 is 0. The van der Waals surface area contributed by atoms with Crippen LogP contribution in [0.4, 0.5) is 5.82 Å². The molecule has 0 bridgehead atoms. The van der Waals surface area contributed by atoms with E-state index >= 15 is 0 Å². The summed E-state index contributed by atoms with van der Waals surface area (Å²) in [6.45, 7) is 8.46. The number of sulfonamides is 1. The third kappa shape index (κ3) is 4.83. The molecule has 1 amide bonds. The molecule has 8 heteroatoms. The third-order valence-electron chi connectivity index (χ3n) is 3.27. The number of pyridine rings is 2. The van der Waals surface area contributed by atoms with Crippen molar-refractivity contribution in [1.29, 1.82) is 0 Å². The van der Waals surface area contributed by atoms with Crippen LogP contribution in [0.15, 0.2) is 35.6 Å². The predicted octanol–water partition coefficient (Wildman–Crippen LogP) is 2.49. The van der Waals surface area contributed by atoms with Crippen LogP contribution in [0, 0.1) is 6.92 Å². The summed E-state index contributed by atoms with van der Waals surface area (Å²) < 4.78 is 27.9. The zero-order valence-corrected chi connectivity index (χ0v) is 15.7. The fraction of sp³-hybridized carbons (Fsp3) is 0.353. The maximum Gasteiger partial charge on any atom is 0.242 e. The lowest BCUT2D eigenvalue weighted by atomic mass is 10.0. The van der Waals surface area contributed by atoms with Crippen LogP contribution in [0.2, 0.25) is 0 Å². The van der Waals surface area contributed by atoms with Gasteiger partial charge in [-0.3, -0.25) is 9.78 Å². The minimum Gasteiger partial charge on any atom is -0.311 e. The van der Waals surface area contributed by atoms with Gasteiger partial charge in [0.15, 0.2) is 0 Å². The molecule has 0 radical (unpaired) electrons. The number of hydrogen-bond donors (Lipinski definition) is 2. The summed E-state index contributed by atoms with van der Waals surface area (Å²) in [5.74, 6) is 0.163. The first-order valence-corrected chi connectivity index (χ1v) is 9.20. The predicted molar refractivity (Wildman–Crippen MR) is 96.6 cm³/mol. The fourth-order valence-electron chi connectivity index (χ4n) is 2.37. The van der Waals surface area contributed by atoms with E-state index in [4.69, 9.17) is 0 Å². The summed E-state index contributed by atoms with van der Waals surface area (Å²) in [6.07, 6.45) is 4.48. The Labute approximate surface area is 148 Å². The largest absolute Gasteiger partial charge is 0.311 e. The molecule has 134 valence electrons. The number of nitrogens with zero attached hydrogens (tertiary/aromatic N) is 2. The highest BCUT2D eigenvalue weighted by atomic mass is 32.2. The molecule has 2 aromatic rings. The normalized spacial score (nSPS) is 12.0. The lowest BCUT2D eigenvalue weighted by Crippen LogP contribution is -2.40. The van der Waals surface area contributed by atoms with Gasteiger partial charge in [-0.05, 0) is 51.0 Å². The number of carbonyl (C=O) groups is 1. The lowest BCUT2D eigenvalue weighted by molar-refractivity contribution is -0.114. The number of hydrogen-bond acceptors (Lipinski definition) is 5. The SMILES string of the molecule is CC(=O)Nc1cc(-c2cncc(S(=O)(=O)NC(C)(C)C)c2C)ccn1. The van der Waals surface area contributed by atoms with Crippen molar-refractivity contribution in [1.82, 2.24) is 14.7 Å².